The van der Waals surface area contributed by atoms with E-state index >= 15 is 0 Å². The third kappa shape index (κ3) is 5.85. The van der Waals surface area contributed by atoms with E-state index in [1.807, 2.05) is 47.8 Å². The summed E-state index contributed by atoms with van der Waals surface area (Å²) in [5.74, 6) is -0.930. The molecule has 9 heteroatoms. The Labute approximate surface area is 206 Å². The fourth-order valence-electron chi connectivity index (χ4n) is 5.24. The molecule has 1 N–H and O–H groups in total. The number of rotatable bonds is 12. The predicted octanol–water partition coefficient (Wildman–Crippen LogP) is 2.96. The van der Waals surface area contributed by atoms with E-state index in [0.717, 1.165) is 36.1 Å². The van der Waals surface area contributed by atoms with Gasteiger partial charge in [0, 0.05) is 50.4 Å². The summed E-state index contributed by atoms with van der Waals surface area (Å²) < 4.78 is 7.46. The molecule has 190 valence electrons. The summed E-state index contributed by atoms with van der Waals surface area (Å²) in [5.41, 5.74) is 2.12. The zero-order valence-electron chi connectivity index (χ0n) is 20.6. The Kier molecular flexibility index (Phi) is 8.41. The van der Waals surface area contributed by atoms with Gasteiger partial charge in [-0.1, -0.05) is 26.0 Å². The fourth-order valence-corrected chi connectivity index (χ4v) is 5.24. The van der Waals surface area contributed by atoms with Gasteiger partial charge in [0.05, 0.1) is 25.7 Å². The topological polar surface area (TPSA) is 97.1 Å². The van der Waals surface area contributed by atoms with Crippen molar-refractivity contribution in [1.82, 2.24) is 19.7 Å². The first-order chi connectivity index (χ1) is 17.0. The second kappa shape index (κ2) is 11.7. The highest BCUT2D eigenvalue weighted by Crippen LogP contribution is 2.41. The number of aliphatic carboxylic acids is 1. The number of hydroxylamine groups is 2. The number of amides is 1. The third-order valence-electron chi connectivity index (χ3n) is 6.88. The van der Waals surface area contributed by atoms with Crippen LogP contribution in [0.2, 0.25) is 0 Å². The Balaban J connectivity index is 1.58. The molecule has 2 aliphatic heterocycles. The van der Waals surface area contributed by atoms with E-state index in [-0.39, 0.29) is 24.4 Å². The number of ether oxygens (including phenoxy) is 1. The molecule has 3 unspecified atom stereocenters. The van der Waals surface area contributed by atoms with Crippen LogP contribution in [-0.4, -0.2) is 75.6 Å². The maximum atomic E-state index is 13.2. The van der Waals surface area contributed by atoms with Crippen molar-refractivity contribution < 1.29 is 24.3 Å². The van der Waals surface area contributed by atoms with Crippen molar-refractivity contribution in [2.24, 2.45) is 5.92 Å². The molecule has 3 atom stereocenters. The van der Waals surface area contributed by atoms with E-state index in [2.05, 4.69) is 11.2 Å². The molecule has 0 radical (unpaired) electrons. The molecule has 3 heterocycles. The van der Waals surface area contributed by atoms with Gasteiger partial charge in [-0.15, -0.1) is 0 Å². The van der Waals surface area contributed by atoms with Gasteiger partial charge >= 0.3 is 5.97 Å². The predicted molar refractivity (Wildman–Crippen MR) is 130 cm³/mol. The van der Waals surface area contributed by atoms with Crippen molar-refractivity contribution in [1.29, 1.82) is 0 Å². The molecule has 0 spiro atoms. The zero-order valence-corrected chi connectivity index (χ0v) is 20.6. The van der Waals surface area contributed by atoms with Gasteiger partial charge in [0.2, 0.25) is 0 Å². The van der Waals surface area contributed by atoms with Crippen LogP contribution in [0.4, 0.5) is 0 Å². The van der Waals surface area contributed by atoms with Crippen LogP contribution in [0, 0.1) is 5.92 Å². The first-order valence-electron chi connectivity index (χ1n) is 12.6. The van der Waals surface area contributed by atoms with E-state index in [9.17, 15) is 14.7 Å². The average Bonchev–Trinajstić information content (AvgIpc) is 3.59. The van der Waals surface area contributed by atoms with E-state index in [4.69, 9.17) is 9.57 Å². The summed E-state index contributed by atoms with van der Waals surface area (Å²) in [6.07, 6.45) is 6.61. The monoisotopic (exact) mass is 484 g/mol. The van der Waals surface area contributed by atoms with Gasteiger partial charge in [0.15, 0.2) is 0 Å². The lowest BCUT2D eigenvalue weighted by Crippen LogP contribution is -2.44. The molecule has 35 heavy (non-hydrogen) atoms. The molecule has 1 saturated heterocycles. The van der Waals surface area contributed by atoms with Crippen molar-refractivity contribution in [3.8, 4) is 5.75 Å². The largest absolute Gasteiger partial charge is 0.493 e. The molecule has 1 aromatic carbocycles. The Morgan fingerprint density at radius 3 is 2.86 bits per heavy atom. The van der Waals surface area contributed by atoms with Gasteiger partial charge in [-0.25, -0.2) is 5.06 Å². The maximum absolute atomic E-state index is 13.2. The van der Waals surface area contributed by atoms with Crippen LogP contribution in [-0.2, 0) is 27.4 Å². The molecule has 1 fully saturated rings. The molecule has 0 bridgehead atoms. The minimum absolute atomic E-state index is 0.127. The molecular weight excluding hydrogens is 448 g/mol. The smallest absolute Gasteiger partial charge is 0.308 e. The highest BCUT2D eigenvalue weighted by atomic mass is 16.7. The molecule has 0 saturated carbocycles. The molecule has 0 aliphatic carbocycles. The summed E-state index contributed by atoms with van der Waals surface area (Å²) in [7, 11) is 0. The van der Waals surface area contributed by atoms with Gasteiger partial charge in [0.1, 0.15) is 5.75 Å². The van der Waals surface area contributed by atoms with E-state index in [0.29, 0.717) is 39.3 Å². The van der Waals surface area contributed by atoms with E-state index in [1.165, 1.54) is 5.06 Å². The van der Waals surface area contributed by atoms with Gasteiger partial charge in [-0.3, -0.25) is 24.0 Å². The van der Waals surface area contributed by atoms with Crippen molar-refractivity contribution in [2.45, 2.75) is 58.0 Å². The highest BCUT2D eigenvalue weighted by molar-refractivity contribution is 5.78. The number of carbonyl (C=O) groups is 2. The van der Waals surface area contributed by atoms with Gasteiger partial charge < -0.3 is 9.84 Å². The summed E-state index contributed by atoms with van der Waals surface area (Å²) in [5, 5.41) is 16.1. The quantitative estimate of drug-likeness (QED) is 0.463. The number of fused-ring (bicyclic) bond motifs is 1. The summed E-state index contributed by atoms with van der Waals surface area (Å²) >= 11 is 0. The number of benzene rings is 1. The van der Waals surface area contributed by atoms with Crippen molar-refractivity contribution in [3.63, 3.8) is 0 Å². The van der Waals surface area contributed by atoms with Gasteiger partial charge in [-0.2, -0.15) is 5.10 Å². The van der Waals surface area contributed by atoms with Gasteiger partial charge in [0.25, 0.3) is 5.91 Å². The number of aromatic nitrogens is 2. The molecule has 1 aromatic heterocycles. The van der Waals surface area contributed by atoms with Crippen molar-refractivity contribution in [2.75, 3.05) is 32.8 Å². The first kappa shape index (κ1) is 25.2. The standard InChI is InChI=1S/C26H36N4O5/c1-3-11-30(35-14-4-2)24(31)18-28-17-21(19-6-7-23-20(16-19)9-15-34-23)25(26(32)33)22(28)8-13-29-12-5-10-27-29/h5-7,10,12,16,21-22,25H,3-4,8-9,11,13-15,17-18H2,1-2H3,(H,32,33). The zero-order chi connectivity index (χ0) is 24.8. The van der Waals surface area contributed by atoms with Crippen LogP contribution in [0.3, 0.4) is 0 Å². The Bertz CT molecular complexity index is 996. The number of hydrogen-bond donors (Lipinski definition) is 1. The average molecular weight is 485 g/mol. The number of aryl methyl sites for hydroxylation is 1. The fraction of sp³-hybridized carbons (Fsp3) is 0.577. The van der Waals surface area contributed by atoms with Crippen LogP contribution < -0.4 is 4.74 Å². The SMILES string of the molecule is CCCON(CCC)C(=O)CN1CC(c2ccc3c(c2)CCO3)C(C(=O)O)C1CCn1cccn1. The number of carboxylic acids is 1. The number of hydrogen-bond acceptors (Lipinski definition) is 6. The van der Waals surface area contributed by atoms with Crippen LogP contribution in [0.1, 0.15) is 50.2 Å². The van der Waals surface area contributed by atoms with Gasteiger partial charge in [-0.05, 0) is 42.5 Å². The lowest BCUT2D eigenvalue weighted by Gasteiger charge is -2.29. The number of likely N-dealkylation sites (tertiary alicyclic amines) is 1. The van der Waals surface area contributed by atoms with Crippen LogP contribution in [0.15, 0.2) is 36.7 Å². The Hall–Kier alpha value is -2.91. The molecule has 2 aliphatic rings. The van der Waals surface area contributed by atoms with Crippen molar-refractivity contribution in [3.05, 3.63) is 47.8 Å². The minimum Gasteiger partial charge on any atom is -0.493 e. The number of carbonyl (C=O) groups excluding carboxylic acids is 1. The van der Waals surface area contributed by atoms with E-state index < -0.39 is 11.9 Å². The third-order valence-corrected chi connectivity index (χ3v) is 6.88. The van der Waals surface area contributed by atoms with Crippen LogP contribution in [0.25, 0.3) is 0 Å². The Morgan fingerprint density at radius 2 is 2.14 bits per heavy atom. The lowest BCUT2D eigenvalue weighted by molar-refractivity contribution is -0.188. The summed E-state index contributed by atoms with van der Waals surface area (Å²) in [4.78, 5) is 33.6. The lowest BCUT2D eigenvalue weighted by atomic mass is 9.83. The van der Waals surface area contributed by atoms with Crippen molar-refractivity contribution >= 4 is 11.9 Å². The highest BCUT2D eigenvalue weighted by Gasteiger charge is 2.47. The molecule has 4 rings (SSSR count). The number of carboxylic acid groups (broad SMARTS) is 1. The first-order valence-corrected chi connectivity index (χ1v) is 12.6. The second-order valence-corrected chi connectivity index (χ2v) is 9.32. The van der Waals surface area contributed by atoms with Crippen LogP contribution in [0.5, 0.6) is 5.75 Å². The van der Waals surface area contributed by atoms with Crippen LogP contribution >= 0.6 is 0 Å². The summed E-state index contributed by atoms with van der Waals surface area (Å²) in [6, 6.07) is 7.57. The minimum atomic E-state index is -0.834. The molecular formula is C26H36N4O5. The normalized spacial score (nSPS) is 21.6. The number of nitrogens with zero attached hydrogens (tertiary/aromatic N) is 4. The summed E-state index contributed by atoms with van der Waals surface area (Å²) in [6.45, 7) is 6.87. The Morgan fingerprint density at radius 1 is 1.29 bits per heavy atom. The second-order valence-electron chi connectivity index (χ2n) is 9.32. The molecule has 2 aromatic rings. The van der Waals surface area contributed by atoms with E-state index in [1.54, 1.807) is 6.20 Å². The maximum Gasteiger partial charge on any atom is 0.308 e. The molecule has 1 amide bonds. The molecule has 9 nitrogen and oxygen atoms in total.